The van der Waals surface area contributed by atoms with Gasteiger partial charge in [-0.05, 0) is 33.6 Å². The Kier molecular flexibility index (Phi) is 3.44. The maximum atomic E-state index is 13.7. The van der Waals surface area contributed by atoms with E-state index in [4.69, 9.17) is 0 Å². The highest BCUT2D eigenvalue weighted by Crippen LogP contribution is 2.28. The summed E-state index contributed by atoms with van der Waals surface area (Å²) in [5, 5.41) is 4.08. The first-order valence-electron chi connectivity index (χ1n) is 6.08. The van der Waals surface area contributed by atoms with Gasteiger partial charge in [-0.15, -0.1) is 0 Å². The summed E-state index contributed by atoms with van der Waals surface area (Å²) in [6.07, 6.45) is 1.88. The molecule has 5 heteroatoms. The number of halogens is 3. The highest BCUT2D eigenvalue weighted by atomic mass is 79.9. The molecule has 0 aliphatic rings. The van der Waals surface area contributed by atoms with E-state index in [-0.39, 0.29) is 5.69 Å². The topological polar surface area (TPSA) is 27.8 Å². The Labute approximate surface area is 122 Å². The van der Waals surface area contributed by atoms with E-state index in [9.17, 15) is 8.78 Å². The summed E-state index contributed by atoms with van der Waals surface area (Å²) >= 11 is 3.16. The van der Waals surface area contributed by atoms with Crippen molar-refractivity contribution in [2.45, 2.75) is 6.54 Å². The number of hydrogen-bond donors (Lipinski definition) is 2. The number of hydrogen-bond acceptors (Lipinski definition) is 1. The second-order valence-corrected chi connectivity index (χ2v) is 5.31. The van der Waals surface area contributed by atoms with Crippen molar-refractivity contribution in [1.29, 1.82) is 0 Å². The number of para-hydroxylation sites is 1. The van der Waals surface area contributed by atoms with Gasteiger partial charge in [0, 0.05) is 34.2 Å². The molecule has 0 atom stereocenters. The summed E-state index contributed by atoms with van der Waals surface area (Å²) in [5.41, 5.74) is 2.32. The van der Waals surface area contributed by atoms with E-state index in [1.54, 1.807) is 0 Å². The van der Waals surface area contributed by atoms with Crippen LogP contribution in [0.5, 0.6) is 0 Å². The molecular formula is C15H11BrF2N2. The summed E-state index contributed by atoms with van der Waals surface area (Å²) in [6, 6.07) is 9.98. The van der Waals surface area contributed by atoms with Gasteiger partial charge in [-0.25, -0.2) is 8.78 Å². The van der Waals surface area contributed by atoms with Gasteiger partial charge in [0.25, 0.3) is 0 Å². The molecular weight excluding hydrogens is 326 g/mol. The smallest absolute Gasteiger partial charge is 0.150 e. The minimum atomic E-state index is -0.614. The summed E-state index contributed by atoms with van der Waals surface area (Å²) in [7, 11) is 0. The number of aromatic amines is 1. The second kappa shape index (κ2) is 5.25. The van der Waals surface area contributed by atoms with Gasteiger partial charge < -0.3 is 10.3 Å². The fourth-order valence-corrected chi connectivity index (χ4v) is 2.72. The van der Waals surface area contributed by atoms with Gasteiger partial charge in [0.15, 0.2) is 0 Å². The molecule has 0 aliphatic heterocycles. The SMILES string of the molecule is Fc1cc(F)c(NCc2c[nH]c3ccccc23)c(Br)c1. The van der Waals surface area contributed by atoms with Crippen LogP contribution in [0.2, 0.25) is 0 Å². The predicted octanol–water partition coefficient (Wildman–Crippen LogP) is 4.82. The lowest BCUT2D eigenvalue weighted by molar-refractivity contribution is 0.583. The van der Waals surface area contributed by atoms with E-state index < -0.39 is 11.6 Å². The van der Waals surface area contributed by atoms with Crippen molar-refractivity contribution in [3.8, 4) is 0 Å². The summed E-state index contributed by atoms with van der Waals surface area (Å²) in [4.78, 5) is 3.16. The lowest BCUT2D eigenvalue weighted by Crippen LogP contribution is -2.02. The van der Waals surface area contributed by atoms with E-state index in [1.165, 1.54) is 6.07 Å². The van der Waals surface area contributed by atoms with Crippen LogP contribution >= 0.6 is 15.9 Å². The van der Waals surface area contributed by atoms with Crippen LogP contribution in [0.15, 0.2) is 47.1 Å². The maximum Gasteiger partial charge on any atom is 0.150 e. The van der Waals surface area contributed by atoms with Gasteiger partial charge in [0.1, 0.15) is 11.6 Å². The molecule has 102 valence electrons. The third kappa shape index (κ3) is 2.41. The van der Waals surface area contributed by atoms with E-state index in [2.05, 4.69) is 26.2 Å². The molecule has 3 rings (SSSR count). The zero-order valence-corrected chi connectivity index (χ0v) is 12.0. The normalized spacial score (nSPS) is 10.9. The molecule has 0 spiro atoms. The van der Waals surface area contributed by atoms with Crippen LogP contribution in [0.4, 0.5) is 14.5 Å². The van der Waals surface area contributed by atoms with Gasteiger partial charge in [-0.3, -0.25) is 0 Å². The minimum absolute atomic E-state index is 0.261. The Morgan fingerprint density at radius 2 is 1.95 bits per heavy atom. The van der Waals surface area contributed by atoms with Crippen molar-refractivity contribution in [1.82, 2.24) is 4.98 Å². The number of anilines is 1. The lowest BCUT2D eigenvalue weighted by atomic mass is 10.1. The van der Waals surface area contributed by atoms with Crippen molar-refractivity contribution in [2.75, 3.05) is 5.32 Å². The Morgan fingerprint density at radius 1 is 1.15 bits per heavy atom. The standard InChI is InChI=1S/C15H11BrF2N2/c16-12-5-10(17)6-13(18)15(12)20-8-9-7-19-14-4-2-1-3-11(9)14/h1-7,19-20H,8H2. The highest BCUT2D eigenvalue weighted by molar-refractivity contribution is 9.10. The second-order valence-electron chi connectivity index (χ2n) is 4.46. The molecule has 2 nitrogen and oxygen atoms in total. The van der Waals surface area contributed by atoms with Crippen LogP contribution in [-0.4, -0.2) is 4.98 Å². The molecule has 0 amide bonds. The average molecular weight is 337 g/mol. The fourth-order valence-electron chi connectivity index (χ4n) is 2.17. The summed E-state index contributed by atoms with van der Waals surface area (Å²) < 4.78 is 27.1. The quantitative estimate of drug-likeness (QED) is 0.705. The van der Waals surface area contributed by atoms with Gasteiger partial charge in [-0.1, -0.05) is 18.2 Å². The first kappa shape index (κ1) is 13.1. The number of fused-ring (bicyclic) bond motifs is 1. The number of nitrogens with one attached hydrogen (secondary N) is 2. The van der Waals surface area contributed by atoms with E-state index in [1.807, 2.05) is 30.5 Å². The zero-order chi connectivity index (χ0) is 14.1. The molecule has 2 aromatic carbocycles. The Morgan fingerprint density at radius 3 is 2.75 bits per heavy atom. The number of H-pyrrole nitrogens is 1. The van der Waals surface area contributed by atoms with Gasteiger partial charge in [0.2, 0.25) is 0 Å². The predicted molar refractivity (Wildman–Crippen MR) is 79.7 cm³/mol. The van der Waals surface area contributed by atoms with Crippen LogP contribution in [0.3, 0.4) is 0 Å². The minimum Gasteiger partial charge on any atom is -0.378 e. The molecule has 0 radical (unpaired) electrons. The first-order valence-corrected chi connectivity index (χ1v) is 6.88. The van der Waals surface area contributed by atoms with Crippen LogP contribution in [0.1, 0.15) is 5.56 Å². The average Bonchev–Trinajstić information content (AvgIpc) is 2.81. The van der Waals surface area contributed by atoms with Gasteiger partial charge >= 0.3 is 0 Å². The van der Waals surface area contributed by atoms with Crippen LogP contribution in [0.25, 0.3) is 10.9 Å². The van der Waals surface area contributed by atoms with Gasteiger partial charge in [0.05, 0.1) is 5.69 Å². The van der Waals surface area contributed by atoms with E-state index in [0.717, 1.165) is 22.5 Å². The molecule has 0 bridgehead atoms. The Bertz CT molecular complexity index is 744. The molecule has 1 heterocycles. The molecule has 2 N–H and O–H groups in total. The molecule has 0 saturated heterocycles. The lowest BCUT2D eigenvalue weighted by Gasteiger charge is -2.09. The molecule has 20 heavy (non-hydrogen) atoms. The maximum absolute atomic E-state index is 13.7. The van der Waals surface area contributed by atoms with Crippen LogP contribution in [-0.2, 0) is 6.54 Å². The third-order valence-electron chi connectivity index (χ3n) is 3.14. The number of benzene rings is 2. The molecule has 0 unspecified atom stereocenters. The first-order chi connectivity index (χ1) is 9.65. The molecule has 0 aliphatic carbocycles. The van der Waals surface area contributed by atoms with Crippen LogP contribution < -0.4 is 5.32 Å². The zero-order valence-electron chi connectivity index (χ0n) is 10.4. The Balaban J connectivity index is 1.87. The monoisotopic (exact) mass is 336 g/mol. The highest BCUT2D eigenvalue weighted by Gasteiger charge is 2.10. The van der Waals surface area contributed by atoms with Gasteiger partial charge in [-0.2, -0.15) is 0 Å². The van der Waals surface area contributed by atoms with Crippen molar-refractivity contribution < 1.29 is 8.78 Å². The largest absolute Gasteiger partial charge is 0.378 e. The molecule has 0 fully saturated rings. The van der Waals surface area contributed by atoms with Crippen molar-refractivity contribution in [2.24, 2.45) is 0 Å². The molecule has 0 saturated carbocycles. The van der Waals surface area contributed by atoms with Crippen molar-refractivity contribution in [3.63, 3.8) is 0 Å². The summed E-state index contributed by atoms with van der Waals surface area (Å²) in [5.74, 6) is -1.22. The van der Waals surface area contributed by atoms with Crippen molar-refractivity contribution >= 4 is 32.5 Å². The fraction of sp³-hybridized carbons (Fsp3) is 0.0667. The van der Waals surface area contributed by atoms with E-state index >= 15 is 0 Å². The Hall–Kier alpha value is -1.88. The molecule has 1 aromatic heterocycles. The van der Waals surface area contributed by atoms with E-state index in [0.29, 0.717) is 11.0 Å². The number of rotatable bonds is 3. The van der Waals surface area contributed by atoms with Crippen molar-refractivity contribution in [3.05, 3.63) is 64.3 Å². The van der Waals surface area contributed by atoms with Crippen LogP contribution in [0, 0.1) is 11.6 Å². The number of aromatic nitrogens is 1. The molecule has 3 aromatic rings. The summed E-state index contributed by atoms with van der Waals surface area (Å²) in [6.45, 7) is 0.450. The third-order valence-corrected chi connectivity index (χ3v) is 3.76.